The Morgan fingerprint density at radius 3 is 2.46 bits per heavy atom. The van der Waals surface area contributed by atoms with Crippen LogP contribution in [0.3, 0.4) is 0 Å². The standard InChI is InChI=1S/C20H22N2O2/c23-21-20-18-7-3-2-6-16(18)17-9-8-15(14-19(17)20)24-13-12-22-10-4-1-5-11-22/h2-3,6-9,14,23H,1,4-5,10-13H2/b21-20-. The summed E-state index contributed by atoms with van der Waals surface area (Å²) in [6.07, 6.45) is 3.95. The van der Waals surface area contributed by atoms with Gasteiger partial charge < -0.3 is 9.94 Å². The summed E-state index contributed by atoms with van der Waals surface area (Å²) >= 11 is 0. The van der Waals surface area contributed by atoms with Crippen LogP contribution in [0.4, 0.5) is 0 Å². The SMILES string of the molecule is O/N=C1/c2ccccc2-c2ccc(OCCN3CCCCC3)cc21. The Hall–Kier alpha value is -2.33. The van der Waals surface area contributed by atoms with Crippen molar-refractivity contribution in [1.29, 1.82) is 0 Å². The lowest BCUT2D eigenvalue weighted by Gasteiger charge is -2.26. The lowest BCUT2D eigenvalue weighted by molar-refractivity contribution is 0.183. The van der Waals surface area contributed by atoms with Crippen LogP contribution in [0.15, 0.2) is 47.6 Å². The molecule has 1 saturated heterocycles. The quantitative estimate of drug-likeness (QED) is 0.587. The lowest BCUT2D eigenvalue weighted by atomic mass is 10.1. The Bertz CT molecular complexity index is 764. The van der Waals surface area contributed by atoms with Gasteiger partial charge >= 0.3 is 0 Å². The number of hydrogen-bond acceptors (Lipinski definition) is 4. The van der Waals surface area contributed by atoms with Crippen LogP contribution in [0.2, 0.25) is 0 Å². The zero-order valence-corrected chi connectivity index (χ0v) is 13.7. The molecule has 0 spiro atoms. The maximum absolute atomic E-state index is 9.44. The fourth-order valence-electron chi connectivity index (χ4n) is 3.70. The highest BCUT2D eigenvalue weighted by Crippen LogP contribution is 2.38. The van der Waals surface area contributed by atoms with Crippen LogP contribution in [0.5, 0.6) is 5.75 Å². The second-order valence-electron chi connectivity index (χ2n) is 6.45. The third-order valence-electron chi connectivity index (χ3n) is 4.94. The van der Waals surface area contributed by atoms with Gasteiger partial charge in [-0.15, -0.1) is 0 Å². The minimum atomic E-state index is 0.627. The molecule has 0 radical (unpaired) electrons. The van der Waals surface area contributed by atoms with Crippen LogP contribution in [0.1, 0.15) is 30.4 Å². The molecule has 0 aromatic heterocycles. The predicted octanol–water partition coefficient (Wildman–Crippen LogP) is 3.76. The molecule has 0 saturated carbocycles. The van der Waals surface area contributed by atoms with Crippen molar-refractivity contribution >= 4 is 5.71 Å². The summed E-state index contributed by atoms with van der Waals surface area (Å²) in [6, 6.07) is 14.1. The fraction of sp³-hybridized carbons (Fsp3) is 0.350. The third kappa shape index (κ3) is 2.78. The molecule has 0 unspecified atom stereocenters. The smallest absolute Gasteiger partial charge is 0.120 e. The summed E-state index contributed by atoms with van der Waals surface area (Å²) in [5.74, 6) is 0.833. The first-order chi connectivity index (χ1) is 11.9. The number of hydrogen-bond donors (Lipinski definition) is 1. The van der Waals surface area contributed by atoms with Gasteiger partial charge in [0.2, 0.25) is 0 Å². The van der Waals surface area contributed by atoms with Gasteiger partial charge in [0.1, 0.15) is 18.1 Å². The van der Waals surface area contributed by atoms with Crippen molar-refractivity contribution in [2.75, 3.05) is 26.2 Å². The first-order valence-electron chi connectivity index (χ1n) is 8.68. The highest BCUT2D eigenvalue weighted by Gasteiger charge is 2.25. The molecule has 0 amide bonds. The van der Waals surface area contributed by atoms with E-state index in [0.29, 0.717) is 12.3 Å². The first-order valence-corrected chi connectivity index (χ1v) is 8.68. The Labute approximate surface area is 142 Å². The highest BCUT2D eigenvalue weighted by atomic mass is 16.5. The maximum atomic E-state index is 9.44. The van der Waals surface area contributed by atoms with Crippen molar-refractivity contribution in [3.05, 3.63) is 53.6 Å². The van der Waals surface area contributed by atoms with E-state index >= 15 is 0 Å². The van der Waals surface area contributed by atoms with Gasteiger partial charge in [0.25, 0.3) is 0 Å². The van der Waals surface area contributed by atoms with Gasteiger partial charge in [-0.25, -0.2) is 0 Å². The summed E-state index contributed by atoms with van der Waals surface area (Å²) in [7, 11) is 0. The molecule has 1 N–H and O–H groups in total. The van der Waals surface area contributed by atoms with Crippen molar-refractivity contribution in [3.63, 3.8) is 0 Å². The lowest BCUT2D eigenvalue weighted by Crippen LogP contribution is -2.33. The summed E-state index contributed by atoms with van der Waals surface area (Å²) in [5, 5.41) is 13.0. The molecule has 1 aliphatic carbocycles. The van der Waals surface area contributed by atoms with Crippen LogP contribution < -0.4 is 4.74 Å². The average molecular weight is 322 g/mol. The van der Waals surface area contributed by atoms with Crippen LogP contribution >= 0.6 is 0 Å². The van der Waals surface area contributed by atoms with E-state index in [4.69, 9.17) is 4.74 Å². The molecule has 24 heavy (non-hydrogen) atoms. The Kier molecular flexibility index (Phi) is 4.22. The van der Waals surface area contributed by atoms with Crippen LogP contribution in [0, 0.1) is 0 Å². The van der Waals surface area contributed by atoms with E-state index in [1.165, 1.54) is 32.4 Å². The fourth-order valence-corrected chi connectivity index (χ4v) is 3.70. The number of ether oxygens (including phenoxy) is 1. The first kappa shape index (κ1) is 15.2. The van der Waals surface area contributed by atoms with Gasteiger partial charge in [0, 0.05) is 17.7 Å². The van der Waals surface area contributed by atoms with Gasteiger partial charge in [-0.3, -0.25) is 4.90 Å². The summed E-state index contributed by atoms with van der Waals surface area (Å²) < 4.78 is 5.95. The van der Waals surface area contributed by atoms with Gasteiger partial charge in [-0.2, -0.15) is 0 Å². The molecule has 4 rings (SSSR count). The Morgan fingerprint density at radius 2 is 1.67 bits per heavy atom. The number of likely N-dealkylation sites (tertiary alicyclic amines) is 1. The Balaban J connectivity index is 1.49. The third-order valence-corrected chi connectivity index (χ3v) is 4.94. The molecule has 2 aromatic rings. The monoisotopic (exact) mass is 322 g/mol. The molecule has 1 fully saturated rings. The average Bonchev–Trinajstić information content (AvgIpc) is 2.95. The number of nitrogens with zero attached hydrogens (tertiary/aromatic N) is 2. The minimum absolute atomic E-state index is 0.627. The molecular weight excluding hydrogens is 300 g/mol. The molecule has 4 heteroatoms. The van der Waals surface area contributed by atoms with Crippen molar-refractivity contribution in [1.82, 2.24) is 4.90 Å². The molecule has 1 heterocycles. The van der Waals surface area contributed by atoms with Gasteiger partial charge in [0.15, 0.2) is 0 Å². The molecule has 0 bridgehead atoms. The van der Waals surface area contributed by atoms with E-state index < -0.39 is 0 Å². The topological polar surface area (TPSA) is 45.1 Å². The minimum Gasteiger partial charge on any atom is -0.492 e. The van der Waals surface area contributed by atoms with E-state index in [1.807, 2.05) is 30.3 Å². The number of rotatable bonds is 4. The van der Waals surface area contributed by atoms with Crippen molar-refractivity contribution in [3.8, 4) is 16.9 Å². The van der Waals surface area contributed by atoms with Crippen LogP contribution in [-0.2, 0) is 0 Å². The van der Waals surface area contributed by atoms with Gasteiger partial charge in [0.05, 0.1) is 0 Å². The van der Waals surface area contributed by atoms with E-state index in [0.717, 1.165) is 34.5 Å². The van der Waals surface area contributed by atoms with Crippen molar-refractivity contribution in [2.24, 2.45) is 5.16 Å². The zero-order chi connectivity index (χ0) is 16.4. The molecule has 4 nitrogen and oxygen atoms in total. The molecule has 1 aliphatic heterocycles. The largest absolute Gasteiger partial charge is 0.492 e. The second-order valence-corrected chi connectivity index (χ2v) is 6.45. The number of oxime groups is 1. The molecule has 2 aliphatic rings. The highest BCUT2D eigenvalue weighted by molar-refractivity contribution is 6.24. The molecule has 124 valence electrons. The van der Waals surface area contributed by atoms with Crippen LogP contribution in [-0.4, -0.2) is 42.1 Å². The molecule has 0 atom stereocenters. The second kappa shape index (κ2) is 6.65. The zero-order valence-electron chi connectivity index (χ0n) is 13.7. The van der Waals surface area contributed by atoms with Gasteiger partial charge in [-0.05, 0) is 55.3 Å². The normalized spacial score (nSPS) is 18.4. The van der Waals surface area contributed by atoms with E-state index in [2.05, 4.69) is 22.2 Å². The summed E-state index contributed by atoms with van der Waals surface area (Å²) in [6.45, 7) is 4.03. The van der Waals surface area contributed by atoms with Crippen molar-refractivity contribution in [2.45, 2.75) is 19.3 Å². The predicted molar refractivity (Wildman–Crippen MR) is 95.1 cm³/mol. The number of fused-ring (bicyclic) bond motifs is 3. The van der Waals surface area contributed by atoms with Crippen LogP contribution in [0.25, 0.3) is 11.1 Å². The van der Waals surface area contributed by atoms with Gasteiger partial charge in [-0.1, -0.05) is 35.8 Å². The molecule has 2 aromatic carbocycles. The van der Waals surface area contributed by atoms with E-state index in [9.17, 15) is 5.21 Å². The van der Waals surface area contributed by atoms with E-state index in [-0.39, 0.29) is 0 Å². The summed E-state index contributed by atoms with van der Waals surface area (Å²) in [5.41, 5.74) is 4.75. The number of benzene rings is 2. The maximum Gasteiger partial charge on any atom is 0.120 e. The Morgan fingerprint density at radius 1 is 0.917 bits per heavy atom. The molecular formula is C20H22N2O2. The van der Waals surface area contributed by atoms with E-state index in [1.54, 1.807) is 0 Å². The number of piperidine rings is 1. The summed E-state index contributed by atoms with van der Waals surface area (Å²) in [4.78, 5) is 2.47. The van der Waals surface area contributed by atoms with Crippen molar-refractivity contribution < 1.29 is 9.94 Å².